The zero-order valence-electron chi connectivity index (χ0n) is 13.5. The number of amides is 2. The molecule has 0 saturated carbocycles. The van der Waals surface area contributed by atoms with E-state index in [0.717, 1.165) is 16.0 Å². The SMILES string of the molecule is O=C(O)CCCNc1ccc2c3c(cccc13)C(=O)N(CCO)C2=O. The van der Waals surface area contributed by atoms with Crippen molar-refractivity contribution in [3.05, 3.63) is 41.5 Å². The van der Waals surface area contributed by atoms with E-state index in [1.165, 1.54) is 0 Å². The Morgan fingerprint density at radius 1 is 1.08 bits per heavy atom. The van der Waals surface area contributed by atoms with Crippen molar-refractivity contribution in [1.82, 2.24) is 4.90 Å². The number of benzene rings is 2. The third kappa shape index (κ3) is 3.06. The highest BCUT2D eigenvalue weighted by molar-refractivity contribution is 6.26. The number of carbonyl (C=O) groups is 3. The summed E-state index contributed by atoms with van der Waals surface area (Å²) >= 11 is 0. The molecule has 0 saturated heterocycles. The molecule has 0 aromatic heterocycles. The number of carboxylic acids is 1. The van der Waals surface area contributed by atoms with Gasteiger partial charge in [-0.2, -0.15) is 0 Å². The Morgan fingerprint density at radius 2 is 1.80 bits per heavy atom. The first-order chi connectivity index (χ1) is 12.0. The summed E-state index contributed by atoms with van der Waals surface area (Å²) in [7, 11) is 0. The van der Waals surface area contributed by atoms with E-state index in [1.807, 2.05) is 6.07 Å². The number of hydrogen-bond donors (Lipinski definition) is 3. The van der Waals surface area contributed by atoms with E-state index in [-0.39, 0.29) is 19.6 Å². The molecular formula is C18H18N2O5. The van der Waals surface area contributed by atoms with Gasteiger partial charge < -0.3 is 15.5 Å². The molecule has 0 atom stereocenters. The first kappa shape index (κ1) is 16.9. The molecule has 1 aliphatic rings. The number of β-amino-alcohol motifs (C(OH)–C–C–N with tert-alkyl or cyclic N) is 1. The molecule has 7 heteroatoms. The average Bonchev–Trinajstić information content (AvgIpc) is 2.60. The molecule has 3 rings (SSSR count). The minimum atomic E-state index is -0.848. The predicted molar refractivity (Wildman–Crippen MR) is 91.8 cm³/mol. The number of nitrogens with one attached hydrogen (secondary N) is 1. The highest BCUT2D eigenvalue weighted by Crippen LogP contribution is 2.34. The van der Waals surface area contributed by atoms with E-state index in [1.54, 1.807) is 24.3 Å². The van der Waals surface area contributed by atoms with E-state index in [2.05, 4.69) is 5.32 Å². The van der Waals surface area contributed by atoms with Crippen LogP contribution in [0.1, 0.15) is 33.6 Å². The summed E-state index contributed by atoms with van der Waals surface area (Å²) in [6.07, 6.45) is 0.543. The maximum absolute atomic E-state index is 12.6. The number of rotatable bonds is 7. The van der Waals surface area contributed by atoms with Gasteiger partial charge in [0.2, 0.25) is 0 Å². The van der Waals surface area contributed by atoms with E-state index in [4.69, 9.17) is 10.2 Å². The lowest BCUT2D eigenvalue weighted by Gasteiger charge is -2.27. The van der Waals surface area contributed by atoms with Gasteiger partial charge in [-0.15, -0.1) is 0 Å². The van der Waals surface area contributed by atoms with Crippen LogP contribution < -0.4 is 5.32 Å². The van der Waals surface area contributed by atoms with Crippen LogP contribution in [0, 0.1) is 0 Å². The van der Waals surface area contributed by atoms with Crippen molar-refractivity contribution in [3.63, 3.8) is 0 Å². The number of aliphatic hydroxyl groups excluding tert-OH is 1. The largest absolute Gasteiger partial charge is 0.481 e. The average molecular weight is 342 g/mol. The van der Waals surface area contributed by atoms with Crippen molar-refractivity contribution in [3.8, 4) is 0 Å². The van der Waals surface area contributed by atoms with E-state index < -0.39 is 17.8 Å². The lowest BCUT2D eigenvalue weighted by molar-refractivity contribution is -0.137. The molecule has 25 heavy (non-hydrogen) atoms. The van der Waals surface area contributed by atoms with Gasteiger partial charge in [0.1, 0.15) is 0 Å². The number of carboxylic acid groups (broad SMARTS) is 1. The fraction of sp³-hybridized carbons (Fsp3) is 0.278. The van der Waals surface area contributed by atoms with Gasteiger partial charge in [-0.3, -0.25) is 19.3 Å². The Kier molecular flexibility index (Phi) is 4.67. The fourth-order valence-electron chi connectivity index (χ4n) is 3.07. The monoisotopic (exact) mass is 342 g/mol. The second kappa shape index (κ2) is 6.90. The molecule has 0 unspecified atom stereocenters. The molecule has 0 bridgehead atoms. The Balaban J connectivity index is 1.98. The zero-order chi connectivity index (χ0) is 18.0. The molecule has 0 fully saturated rings. The number of hydrogen-bond acceptors (Lipinski definition) is 5. The van der Waals surface area contributed by atoms with Gasteiger partial charge in [-0.1, -0.05) is 12.1 Å². The second-order valence-corrected chi connectivity index (χ2v) is 5.80. The number of imide groups is 1. The van der Waals surface area contributed by atoms with Crippen LogP contribution in [-0.2, 0) is 4.79 Å². The van der Waals surface area contributed by atoms with Gasteiger partial charge in [-0.25, -0.2) is 0 Å². The standard InChI is InChI=1S/C18H18N2O5/c21-10-9-20-17(24)12-4-1-3-11-14(19-8-2-5-15(22)23)7-6-13(16(11)12)18(20)25/h1,3-4,6-7,19,21H,2,5,8-10H2,(H,22,23). The predicted octanol–water partition coefficient (Wildman–Crippen LogP) is 1.70. The minimum absolute atomic E-state index is 0.0390. The molecule has 2 aromatic rings. The molecule has 7 nitrogen and oxygen atoms in total. The van der Waals surface area contributed by atoms with Gasteiger partial charge in [0.15, 0.2) is 0 Å². The summed E-state index contributed by atoms with van der Waals surface area (Å²) < 4.78 is 0. The van der Waals surface area contributed by atoms with Crippen LogP contribution in [0.25, 0.3) is 10.8 Å². The Morgan fingerprint density at radius 3 is 2.48 bits per heavy atom. The van der Waals surface area contributed by atoms with Crippen LogP contribution in [0.3, 0.4) is 0 Å². The van der Waals surface area contributed by atoms with Gasteiger partial charge >= 0.3 is 5.97 Å². The topological polar surface area (TPSA) is 107 Å². The summed E-state index contributed by atoms with van der Waals surface area (Å²) in [5.41, 5.74) is 1.60. The number of nitrogens with zero attached hydrogens (tertiary/aromatic N) is 1. The molecule has 130 valence electrons. The summed E-state index contributed by atoms with van der Waals surface area (Å²) in [6.45, 7) is 0.151. The van der Waals surface area contributed by atoms with Crippen molar-refractivity contribution in [2.24, 2.45) is 0 Å². The van der Waals surface area contributed by atoms with Crippen LogP contribution in [0.2, 0.25) is 0 Å². The normalized spacial score (nSPS) is 13.4. The Labute approximate surface area is 143 Å². The first-order valence-corrected chi connectivity index (χ1v) is 8.03. The van der Waals surface area contributed by atoms with Crippen LogP contribution in [0.15, 0.2) is 30.3 Å². The van der Waals surface area contributed by atoms with E-state index >= 15 is 0 Å². The van der Waals surface area contributed by atoms with Crippen molar-refractivity contribution in [2.45, 2.75) is 12.8 Å². The number of anilines is 1. The van der Waals surface area contributed by atoms with Crippen LogP contribution in [0.5, 0.6) is 0 Å². The van der Waals surface area contributed by atoms with Gasteiger partial charge in [-0.05, 0) is 24.6 Å². The van der Waals surface area contributed by atoms with Crippen LogP contribution in [0.4, 0.5) is 5.69 Å². The molecule has 0 radical (unpaired) electrons. The number of aliphatic hydroxyl groups is 1. The van der Waals surface area contributed by atoms with Crippen molar-refractivity contribution >= 4 is 34.2 Å². The first-order valence-electron chi connectivity index (χ1n) is 8.03. The molecule has 0 aliphatic carbocycles. The summed E-state index contributed by atoms with van der Waals surface area (Å²) in [5, 5.41) is 22.3. The van der Waals surface area contributed by atoms with Gasteiger partial charge in [0.25, 0.3) is 11.8 Å². The zero-order valence-corrected chi connectivity index (χ0v) is 13.5. The fourth-order valence-corrected chi connectivity index (χ4v) is 3.07. The molecule has 1 aliphatic heterocycles. The van der Waals surface area contributed by atoms with Gasteiger partial charge in [0, 0.05) is 40.6 Å². The van der Waals surface area contributed by atoms with E-state index in [9.17, 15) is 14.4 Å². The Hall–Kier alpha value is -2.93. The quantitative estimate of drug-likeness (QED) is 0.522. The maximum atomic E-state index is 12.6. The second-order valence-electron chi connectivity index (χ2n) is 5.80. The molecule has 2 aromatic carbocycles. The van der Waals surface area contributed by atoms with Crippen molar-refractivity contribution in [1.29, 1.82) is 0 Å². The summed E-state index contributed by atoms with van der Waals surface area (Å²) in [5.74, 6) is -1.68. The Bertz CT molecular complexity index is 840. The highest BCUT2D eigenvalue weighted by atomic mass is 16.4. The molecule has 2 amide bonds. The summed E-state index contributed by atoms with van der Waals surface area (Å²) in [6, 6.07) is 8.65. The molecular weight excluding hydrogens is 324 g/mol. The molecule has 1 heterocycles. The molecule has 3 N–H and O–H groups in total. The lowest BCUT2D eigenvalue weighted by Crippen LogP contribution is -2.41. The minimum Gasteiger partial charge on any atom is -0.481 e. The lowest BCUT2D eigenvalue weighted by atomic mass is 9.93. The van der Waals surface area contributed by atoms with Crippen molar-refractivity contribution < 1.29 is 24.6 Å². The third-order valence-corrected chi connectivity index (χ3v) is 4.20. The number of carbonyl (C=O) groups excluding carboxylic acids is 2. The smallest absolute Gasteiger partial charge is 0.303 e. The molecule has 0 spiro atoms. The summed E-state index contributed by atoms with van der Waals surface area (Å²) in [4.78, 5) is 36.8. The van der Waals surface area contributed by atoms with Crippen molar-refractivity contribution in [2.75, 3.05) is 25.0 Å². The van der Waals surface area contributed by atoms with E-state index in [0.29, 0.717) is 29.5 Å². The highest BCUT2D eigenvalue weighted by Gasteiger charge is 2.32. The van der Waals surface area contributed by atoms with Crippen LogP contribution >= 0.6 is 0 Å². The maximum Gasteiger partial charge on any atom is 0.303 e. The third-order valence-electron chi connectivity index (χ3n) is 4.20. The van der Waals surface area contributed by atoms with Crippen LogP contribution in [-0.4, -0.2) is 52.6 Å². The number of aliphatic carboxylic acids is 1. The van der Waals surface area contributed by atoms with Gasteiger partial charge in [0.05, 0.1) is 13.2 Å².